The van der Waals surface area contributed by atoms with E-state index < -0.39 is 10.0 Å². The minimum Gasteiger partial charge on any atom is -0.378 e. The molecule has 0 radical (unpaired) electrons. The monoisotopic (exact) mass is 462 g/mol. The summed E-state index contributed by atoms with van der Waals surface area (Å²) in [5, 5.41) is 4.91. The summed E-state index contributed by atoms with van der Waals surface area (Å²) in [4.78, 5) is 0.387. The smallest absolute Gasteiger partial charge is 0.243 e. The number of allylic oxidation sites excluding steroid dienone is 2. The number of fused-ring (bicyclic) bond motifs is 3. The second-order valence-corrected chi connectivity index (χ2v) is 11.1. The van der Waals surface area contributed by atoms with Crippen LogP contribution in [0.1, 0.15) is 48.8 Å². The lowest BCUT2D eigenvalue weighted by atomic mass is 9.77. The fraction of sp³-hybridized carbons (Fsp3) is 0.391. The van der Waals surface area contributed by atoms with Crippen LogP contribution >= 0.6 is 23.2 Å². The molecule has 1 fully saturated rings. The molecule has 0 bridgehead atoms. The third-order valence-electron chi connectivity index (χ3n) is 6.60. The van der Waals surface area contributed by atoms with Gasteiger partial charge in [-0.3, -0.25) is 0 Å². The molecule has 5 rings (SSSR count). The van der Waals surface area contributed by atoms with Crippen molar-refractivity contribution in [3.8, 4) is 0 Å². The molecular formula is C23H24Cl2N2O2S. The quantitative estimate of drug-likeness (QED) is 0.569. The Labute approximate surface area is 187 Å². The zero-order valence-corrected chi connectivity index (χ0v) is 18.8. The van der Waals surface area contributed by atoms with Crippen molar-refractivity contribution in [2.75, 3.05) is 18.4 Å². The van der Waals surface area contributed by atoms with E-state index >= 15 is 0 Å². The zero-order valence-electron chi connectivity index (χ0n) is 16.5. The van der Waals surface area contributed by atoms with E-state index in [1.165, 1.54) is 0 Å². The summed E-state index contributed by atoms with van der Waals surface area (Å²) in [6.07, 6.45) is 8.22. The van der Waals surface area contributed by atoms with Crippen molar-refractivity contribution < 1.29 is 8.42 Å². The molecular weight excluding hydrogens is 439 g/mol. The van der Waals surface area contributed by atoms with Gasteiger partial charge < -0.3 is 5.32 Å². The first-order valence-corrected chi connectivity index (χ1v) is 12.7. The first-order valence-electron chi connectivity index (χ1n) is 10.5. The van der Waals surface area contributed by atoms with E-state index in [1.807, 2.05) is 30.3 Å². The van der Waals surface area contributed by atoms with E-state index in [0.29, 0.717) is 28.0 Å². The summed E-state index contributed by atoms with van der Waals surface area (Å²) in [7, 11) is -3.46. The van der Waals surface area contributed by atoms with Gasteiger partial charge in [0.05, 0.1) is 10.9 Å². The molecule has 158 valence electrons. The summed E-state index contributed by atoms with van der Waals surface area (Å²) >= 11 is 13.0. The Hall–Kier alpha value is -1.53. The Bertz CT molecular complexity index is 1090. The molecule has 1 saturated heterocycles. The Morgan fingerprint density at radius 2 is 1.73 bits per heavy atom. The van der Waals surface area contributed by atoms with Gasteiger partial charge in [0.15, 0.2) is 0 Å². The van der Waals surface area contributed by atoms with Gasteiger partial charge in [0.2, 0.25) is 10.0 Å². The average molecular weight is 463 g/mol. The Morgan fingerprint density at radius 1 is 1.00 bits per heavy atom. The Morgan fingerprint density at radius 3 is 2.47 bits per heavy atom. The van der Waals surface area contributed by atoms with Crippen molar-refractivity contribution in [3.63, 3.8) is 0 Å². The van der Waals surface area contributed by atoms with Crippen LogP contribution in [0.5, 0.6) is 0 Å². The molecule has 7 heteroatoms. The lowest BCUT2D eigenvalue weighted by Gasteiger charge is -2.38. The van der Waals surface area contributed by atoms with E-state index in [2.05, 4.69) is 17.5 Å². The highest BCUT2D eigenvalue weighted by molar-refractivity contribution is 7.89. The van der Waals surface area contributed by atoms with Crippen LogP contribution < -0.4 is 5.32 Å². The Kier molecular flexibility index (Phi) is 5.34. The number of nitrogens with zero attached hydrogens (tertiary/aromatic N) is 1. The van der Waals surface area contributed by atoms with Gasteiger partial charge in [0.1, 0.15) is 0 Å². The second kappa shape index (κ2) is 7.86. The first-order chi connectivity index (χ1) is 14.5. The molecule has 4 nitrogen and oxygen atoms in total. The molecule has 1 N–H and O–H groups in total. The van der Waals surface area contributed by atoms with Crippen molar-refractivity contribution in [1.82, 2.24) is 4.31 Å². The van der Waals surface area contributed by atoms with Crippen LogP contribution in [0.2, 0.25) is 10.0 Å². The highest BCUT2D eigenvalue weighted by Gasteiger charge is 2.40. The van der Waals surface area contributed by atoms with Gasteiger partial charge in [-0.15, -0.1) is 0 Å². The number of benzene rings is 2. The molecule has 2 heterocycles. The summed E-state index contributed by atoms with van der Waals surface area (Å²) in [5.74, 6) is 0.373. The van der Waals surface area contributed by atoms with E-state index in [-0.39, 0.29) is 17.9 Å². The number of rotatable bonds is 3. The van der Waals surface area contributed by atoms with Crippen LogP contribution in [-0.4, -0.2) is 25.8 Å². The molecule has 3 atom stereocenters. The molecule has 3 unspecified atom stereocenters. The van der Waals surface area contributed by atoms with Crippen LogP contribution in [0.15, 0.2) is 53.4 Å². The standard InChI is InChI=1S/C23H24Cl2N2O2S/c24-19-8-5-9-20(25)22(19)23-17-7-4-6-16(17)18-14-15(10-11-21(18)26-23)30(28,29)27-12-2-1-3-13-27/h4-6,8-11,14,16-17,23,26H,1-3,7,12-13H2. The molecule has 30 heavy (non-hydrogen) atoms. The molecule has 0 saturated carbocycles. The molecule has 1 aliphatic carbocycles. The van der Waals surface area contributed by atoms with Gasteiger partial charge in [-0.2, -0.15) is 4.31 Å². The summed E-state index contributed by atoms with van der Waals surface area (Å²) in [6.45, 7) is 1.22. The van der Waals surface area contributed by atoms with Gasteiger partial charge in [-0.25, -0.2) is 8.42 Å². The van der Waals surface area contributed by atoms with Crippen molar-refractivity contribution in [2.24, 2.45) is 5.92 Å². The summed E-state index contributed by atoms with van der Waals surface area (Å²) in [6, 6.07) is 11.0. The minimum absolute atomic E-state index is 0.0248. The minimum atomic E-state index is -3.46. The fourth-order valence-electron chi connectivity index (χ4n) is 5.08. The first kappa shape index (κ1) is 20.4. The topological polar surface area (TPSA) is 49.4 Å². The fourth-order valence-corrected chi connectivity index (χ4v) is 7.27. The second-order valence-electron chi connectivity index (χ2n) is 8.32. The number of piperidine rings is 1. The van der Waals surface area contributed by atoms with Crippen molar-refractivity contribution >= 4 is 38.9 Å². The number of nitrogens with one attached hydrogen (secondary N) is 1. The Balaban J connectivity index is 1.54. The lowest BCUT2D eigenvalue weighted by Crippen LogP contribution is -2.36. The predicted octanol–water partition coefficient (Wildman–Crippen LogP) is 5.99. The molecule has 2 aromatic carbocycles. The maximum atomic E-state index is 13.2. The molecule has 2 aliphatic heterocycles. The number of sulfonamides is 1. The zero-order chi connectivity index (χ0) is 20.9. The normalized spacial score (nSPS) is 26.1. The van der Waals surface area contributed by atoms with Crippen LogP contribution in [-0.2, 0) is 10.0 Å². The molecule has 3 aliphatic rings. The van der Waals surface area contributed by atoms with Gasteiger partial charge >= 0.3 is 0 Å². The highest BCUT2D eigenvalue weighted by Crippen LogP contribution is 2.52. The molecule has 2 aromatic rings. The third kappa shape index (κ3) is 3.36. The number of hydrogen-bond acceptors (Lipinski definition) is 3. The summed E-state index contributed by atoms with van der Waals surface area (Å²) < 4.78 is 28.0. The van der Waals surface area contributed by atoms with Crippen molar-refractivity contribution in [2.45, 2.75) is 42.5 Å². The van der Waals surface area contributed by atoms with Crippen LogP contribution in [0.25, 0.3) is 0 Å². The van der Waals surface area contributed by atoms with E-state index in [0.717, 1.165) is 42.5 Å². The van der Waals surface area contributed by atoms with E-state index in [4.69, 9.17) is 23.2 Å². The number of halogens is 2. The predicted molar refractivity (Wildman–Crippen MR) is 122 cm³/mol. The summed E-state index contributed by atoms with van der Waals surface area (Å²) in [5.41, 5.74) is 2.89. The molecule has 0 aromatic heterocycles. The van der Waals surface area contributed by atoms with Gasteiger partial charge in [0, 0.05) is 40.3 Å². The van der Waals surface area contributed by atoms with Gasteiger partial charge in [-0.1, -0.05) is 47.8 Å². The highest BCUT2D eigenvalue weighted by atomic mass is 35.5. The average Bonchev–Trinajstić information content (AvgIpc) is 3.24. The van der Waals surface area contributed by atoms with Gasteiger partial charge in [0.25, 0.3) is 0 Å². The number of anilines is 1. The van der Waals surface area contributed by atoms with Crippen LogP contribution in [0, 0.1) is 5.92 Å². The molecule has 0 amide bonds. The SMILES string of the molecule is O=S(=O)(c1ccc2c(c1)C1C=CCC1C(c1c(Cl)cccc1Cl)N2)N1CCCCC1. The van der Waals surface area contributed by atoms with Crippen LogP contribution in [0.3, 0.4) is 0 Å². The van der Waals surface area contributed by atoms with Crippen LogP contribution in [0.4, 0.5) is 5.69 Å². The maximum Gasteiger partial charge on any atom is 0.243 e. The van der Waals surface area contributed by atoms with Gasteiger partial charge in [-0.05, 0) is 61.1 Å². The van der Waals surface area contributed by atoms with Crippen molar-refractivity contribution in [1.29, 1.82) is 0 Å². The maximum absolute atomic E-state index is 13.2. The lowest BCUT2D eigenvalue weighted by molar-refractivity contribution is 0.346. The molecule has 0 spiro atoms. The van der Waals surface area contributed by atoms with Crippen molar-refractivity contribution in [3.05, 3.63) is 69.7 Å². The number of hydrogen-bond donors (Lipinski definition) is 1. The third-order valence-corrected chi connectivity index (χ3v) is 9.15. The van der Waals surface area contributed by atoms with E-state index in [1.54, 1.807) is 10.4 Å². The van der Waals surface area contributed by atoms with E-state index in [9.17, 15) is 8.42 Å². The largest absolute Gasteiger partial charge is 0.378 e.